The minimum atomic E-state index is -1.38. The first-order valence-electron chi connectivity index (χ1n) is 19.9. The average Bonchev–Trinajstić information content (AvgIpc) is 3.62. The molecule has 0 aliphatic heterocycles. The summed E-state index contributed by atoms with van der Waals surface area (Å²) in [6.07, 6.45) is 19.7. The van der Waals surface area contributed by atoms with Gasteiger partial charge in [-0.05, 0) is 38.5 Å². The molecule has 0 radical (unpaired) electrons. The van der Waals surface area contributed by atoms with Crippen LogP contribution in [0.25, 0.3) is 0 Å². The van der Waals surface area contributed by atoms with Gasteiger partial charge in [0.15, 0.2) is 0 Å². The molecule has 0 bridgehead atoms. The summed E-state index contributed by atoms with van der Waals surface area (Å²) in [6, 6.07) is -3.43. The van der Waals surface area contributed by atoms with Gasteiger partial charge in [-0.2, -0.15) is 0 Å². The third-order valence-electron chi connectivity index (χ3n) is 9.78. The molecule has 0 spiro atoms. The molecule has 0 saturated heterocycles. The van der Waals surface area contributed by atoms with Crippen molar-refractivity contribution in [3.05, 3.63) is 0 Å². The highest BCUT2D eigenvalue weighted by Crippen LogP contribution is 2.28. The number of primary amides is 1. The molecule has 1 aliphatic carbocycles. The van der Waals surface area contributed by atoms with Crippen LogP contribution in [0.5, 0.6) is 0 Å². The molecular weight excluding hydrogens is 718 g/mol. The van der Waals surface area contributed by atoms with Crippen molar-refractivity contribution in [1.82, 2.24) is 21.3 Å². The van der Waals surface area contributed by atoms with E-state index in [1.807, 2.05) is 0 Å². The van der Waals surface area contributed by atoms with Crippen LogP contribution in [0.15, 0.2) is 0 Å². The number of halogens is 1. The molecule has 1 unspecified atom stereocenters. The van der Waals surface area contributed by atoms with Gasteiger partial charge in [-0.1, -0.05) is 132 Å². The number of nitrogens with two attached hydrogens (primary N) is 1. The second-order valence-electron chi connectivity index (χ2n) is 14.5. The van der Waals surface area contributed by atoms with Crippen molar-refractivity contribution in [2.24, 2.45) is 11.7 Å². The number of aliphatic hydroxyl groups is 2. The number of unbranched alkanes of at least 4 members (excludes halogenated alkanes) is 13. The van der Waals surface area contributed by atoms with E-state index in [0.717, 1.165) is 44.9 Å². The first-order chi connectivity index (χ1) is 24.5. The van der Waals surface area contributed by atoms with Gasteiger partial charge in [0.05, 0.1) is 12.2 Å². The Bertz CT molecular complexity index is 996. The molecule has 8 N–H and O–H groups in total. The van der Waals surface area contributed by atoms with E-state index in [4.69, 9.17) is 5.73 Å². The zero-order valence-electron chi connectivity index (χ0n) is 31.5. The summed E-state index contributed by atoms with van der Waals surface area (Å²) in [4.78, 5) is 64.2. The van der Waals surface area contributed by atoms with Crippen LogP contribution in [0.4, 0.5) is 0 Å². The third kappa shape index (κ3) is 23.1. The van der Waals surface area contributed by atoms with E-state index in [9.17, 15) is 34.2 Å². The fourth-order valence-corrected chi connectivity index (χ4v) is 6.90. The molecule has 1 rings (SSSR count). The van der Waals surface area contributed by atoms with Crippen molar-refractivity contribution in [3.63, 3.8) is 0 Å². The Morgan fingerprint density at radius 1 is 0.706 bits per heavy atom. The Morgan fingerprint density at radius 3 is 1.75 bits per heavy atom. The van der Waals surface area contributed by atoms with E-state index in [1.54, 1.807) is 0 Å². The number of rotatable bonds is 31. The minimum absolute atomic E-state index is 0.0772. The number of amides is 5. The molecule has 296 valence electrons. The molecule has 5 atom stereocenters. The summed E-state index contributed by atoms with van der Waals surface area (Å²) < 4.78 is 0. The lowest BCUT2D eigenvalue weighted by molar-refractivity contribution is -0.135. The number of alkyl halides is 1. The van der Waals surface area contributed by atoms with E-state index in [1.165, 1.54) is 77.6 Å². The number of hydrogen-bond acceptors (Lipinski definition) is 7. The van der Waals surface area contributed by atoms with Crippen molar-refractivity contribution in [3.8, 4) is 0 Å². The Kier molecular flexibility index (Phi) is 26.8. The average molecular weight is 789 g/mol. The van der Waals surface area contributed by atoms with Crippen LogP contribution in [0.3, 0.4) is 0 Å². The van der Waals surface area contributed by atoms with Gasteiger partial charge >= 0.3 is 0 Å². The largest absolute Gasteiger partial charge is 0.392 e. The summed E-state index contributed by atoms with van der Waals surface area (Å²) in [5.41, 5.74) is 5.35. The maximum Gasteiger partial charge on any atom is 0.245 e. The molecule has 12 nitrogen and oxygen atoms in total. The van der Waals surface area contributed by atoms with Crippen LogP contribution in [0, 0.1) is 5.92 Å². The minimum Gasteiger partial charge on any atom is -0.392 e. The number of nitrogens with one attached hydrogen (secondary N) is 4. The fourth-order valence-electron chi connectivity index (χ4n) is 6.58. The van der Waals surface area contributed by atoms with Crippen molar-refractivity contribution in [1.29, 1.82) is 0 Å². The van der Waals surface area contributed by atoms with Crippen LogP contribution in [0.2, 0.25) is 0 Å². The monoisotopic (exact) mass is 787 g/mol. The standard InChI is InChI=1S/C38H70BrN5O7/c1-3-4-5-6-7-8-9-10-11-12-13-14-15-18-25-41-36(49)32(26-29-19-16-17-20-29)43-37(50)31(22-23-33(40)47)42-38(51)35(28(2)45)44-34(48)24-21-30(46)27-39/h28-32,35,45-46H,3-27H2,1-2H3,(H2,40,47)(H,41,49)(H,42,51)(H,43,50)(H,44,48)/t28-,30?,31+,32+,35+/m1/s1. The van der Waals surface area contributed by atoms with Crippen molar-refractivity contribution >= 4 is 45.5 Å². The van der Waals surface area contributed by atoms with E-state index >= 15 is 0 Å². The van der Waals surface area contributed by atoms with E-state index in [-0.39, 0.29) is 36.9 Å². The third-order valence-corrected chi connectivity index (χ3v) is 10.5. The summed E-state index contributed by atoms with van der Waals surface area (Å²) >= 11 is 3.13. The molecular formula is C38H70BrN5O7. The number of hydrogen-bond donors (Lipinski definition) is 7. The second-order valence-corrected chi connectivity index (χ2v) is 15.2. The highest BCUT2D eigenvalue weighted by Gasteiger charge is 2.33. The van der Waals surface area contributed by atoms with Gasteiger partial charge in [0, 0.05) is 24.7 Å². The maximum absolute atomic E-state index is 13.6. The first kappa shape index (κ1) is 46.8. The zero-order chi connectivity index (χ0) is 37.9. The van der Waals surface area contributed by atoms with Crippen LogP contribution in [0.1, 0.15) is 162 Å². The normalized spacial score (nSPS) is 16.1. The Hall–Kier alpha value is -2.25. The van der Waals surface area contributed by atoms with Crippen LogP contribution in [-0.2, 0) is 24.0 Å². The summed E-state index contributed by atoms with van der Waals surface area (Å²) in [5.74, 6) is -2.67. The van der Waals surface area contributed by atoms with Gasteiger partial charge in [0.25, 0.3) is 0 Å². The Labute approximate surface area is 315 Å². The summed E-state index contributed by atoms with van der Waals surface area (Å²) in [7, 11) is 0. The van der Waals surface area contributed by atoms with Gasteiger partial charge in [0.2, 0.25) is 29.5 Å². The van der Waals surface area contributed by atoms with Crippen LogP contribution >= 0.6 is 15.9 Å². The molecule has 0 aromatic heterocycles. The first-order valence-corrected chi connectivity index (χ1v) is 21.0. The van der Waals surface area contributed by atoms with E-state index < -0.39 is 54.0 Å². The molecule has 1 fully saturated rings. The highest BCUT2D eigenvalue weighted by molar-refractivity contribution is 9.09. The lowest BCUT2D eigenvalue weighted by atomic mass is 9.97. The number of carbonyl (C=O) groups is 5. The number of aliphatic hydroxyl groups excluding tert-OH is 2. The molecule has 0 aromatic rings. The highest BCUT2D eigenvalue weighted by atomic mass is 79.9. The van der Waals surface area contributed by atoms with Gasteiger partial charge < -0.3 is 37.2 Å². The van der Waals surface area contributed by atoms with Gasteiger partial charge in [0.1, 0.15) is 18.1 Å². The summed E-state index contributed by atoms with van der Waals surface area (Å²) in [5, 5.41) is 31.1. The molecule has 1 saturated carbocycles. The van der Waals surface area contributed by atoms with Crippen LogP contribution in [-0.4, -0.2) is 82.0 Å². The zero-order valence-corrected chi connectivity index (χ0v) is 33.1. The number of carbonyl (C=O) groups excluding carboxylic acids is 5. The molecule has 0 aromatic carbocycles. The second kappa shape index (κ2) is 29.2. The molecule has 5 amide bonds. The SMILES string of the molecule is CCCCCCCCCCCCCCCCNC(=O)[C@H](CC1CCCC1)NC(=O)[C@H](CCC(N)=O)NC(=O)[C@@H](NC(=O)CCC(O)CBr)[C@@H](C)O. The lowest BCUT2D eigenvalue weighted by Gasteiger charge is -2.27. The Balaban J connectivity index is 2.66. The molecule has 0 heterocycles. The predicted molar refractivity (Wildman–Crippen MR) is 205 cm³/mol. The van der Waals surface area contributed by atoms with E-state index in [0.29, 0.717) is 18.9 Å². The van der Waals surface area contributed by atoms with E-state index in [2.05, 4.69) is 44.1 Å². The quantitative estimate of drug-likeness (QED) is 0.0387. The summed E-state index contributed by atoms with van der Waals surface area (Å²) in [6.45, 7) is 4.09. The Morgan fingerprint density at radius 2 is 1.24 bits per heavy atom. The lowest BCUT2D eigenvalue weighted by Crippen LogP contribution is -2.59. The predicted octanol–water partition coefficient (Wildman–Crippen LogP) is 4.80. The van der Waals surface area contributed by atoms with Gasteiger partial charge in [-0.25, -0.2) is 0 Å². The van der Waals surface area contributed by atoms with Gasteiger partial charge in [-0.15, -0.1) is 0 Å². The smallest absolute Gasteiger partial charge is 0.245 e. The van der Waals surface area contributed by atoms with Crippen molar-refractivity contribution < 1.29 is 34.2 Å². The van der Waals surface area contributed by atoms with Crippen LogP contribution < -0.4 is 27.0 Å². The molecule has 51 heavy (non-hydrogen) atoms. The fraction of sp³-hybridized carbons (Fsp3) is 0.868. The topological polar surface area (TPSA) is 200 Å². The van der Waals surface area contributed by atoms with Crippen molar-refractivity contribution in [2.45, 2.75) is 192 Å². The van der Waals surface area contributed by atoms with Gasteiger partial charge in [-0.3, -0.25) is 24.0 Å². The molecule has 13 heteroatoms. The maximum atomic E-state index is 13.6. The molecule has 1 aliphatic rings. The van der Waals surface area contributed by atoms with Crippen molar-refractivity contribution in [2.75, 3.05) is 11.9 Å².